The SMILES string of the molecule is CCCCCCc1ccc(-c2ccc(/C=C3\CC(C)Cc4c3nc3ccc(OC)cc3c4C(=O)O)cn2)cc1. The van der Waals surface area contributed by atoms with Gasteiger partial charge in [-0.1, -0.05) is 63.4 Å². The van der Waals surface area contributed by atoms with Crippen molar-refractivity contribution in [3.05, 3.63) is 88.7 Å². The number of aromatic nitrogens is 2. The summed E-state index contributed by atoms with van der Waals surface area (Å²) in [6.45, 7) is 4.40. The zero-order chi connectivity index (χ0) is 27.4. The minimum atomic E-state index is -0.932. The minimum Gasteiger partial charge on any atom is -0.497 e. The van der Waals surface area contributed by atoms with Crippen LogP contribution in [0, 0.1) is 5.92 Å². The van der Waals surface area contributed by atoms with E-state index in [0.717, 1.165) is 46.5 Å². The Hall–Kier alpha value is -3.99. The van der Waals surface area contributed by atoms with Gasteiger partial charge in [-0.25, -0.2) is 9.78 Å². The van der Waals surface area contributed by atoms with Crippen molar-refractivity contribution in [3.63, 3.8) is 0 Å². The molecule has 1 aliphatic carbocycles. The van der Waals surface area contributed by atoms with Crippen LogP contribution in [0.1, 0.15) is 78.7 Å². The first-order chi connectivity index (χ1) is 19.0. The van der Waals surface area contributed by atoms with Gasteiger partial charge in [0.25, 0.3) is 0 Å². The van der Waals surface area contributed by atoms with Crippen molar-refractivity contribution in [2.75, 3.05) is 7.11 Å². The van der Waals surface area contributed by atoms with Crippen molar-refractivity contribution in [2.24, 2.45) is 5.92 Å². The molecule has 2 heterocycles. The second-order valence-corrected chi connectivity index (χ2v) is 10.7. The smallest absolute Gasteiger partial charge is 0.336 e. The Morgan fingerprint density at radius 2 is 1.87 bits per heavy atom. The summed E-state index contributed by atoms with van der Waals surface area (Å²) in [5, 5.41) is 10.8. The highest BCUT2D eigenvalue weighted by Crippen LogP contribution is 2.39. The fraction of sp³-hybridized carbons (Fsp3) is 0.324. The molecule has 0 bridgehead atoms. The number of aromatic carboxylic acids is 1. The lowest BCUT2D eigenvalue weighted by molar-refractivity contribution is 0.0697. The van der Waals surface area contributed by atoms with Crippen LogP contribution < -0.4 is 4.74 Å². The molecule has 39 heavy (non-hydrogen) atoms. The minimum absolute atomic E-state index is 0.305. The summed E-state index contributed by atoms with van der Waals surface area (Å²) in [6, 6.07) is 18.3. The quantitative estimate of drug-likeness (QED) is 0.225. The second kappa shape index (κ2) is 11.8. The van der Waals surface area contributed by atoms with Crippen LogP contribution in [-0.2, 0) is 12.8 Å². The van der Waals surface area contributed by atoms with Crippen LogP contribution in [0.5, 0.6) is 5.75 Å². The number of carboxylic acid groups (broad SMARTS) is 1. The van der Waals surface area contributed by atoms with Gasteiger partial charge in [0.2, 0.25) is 0 Å². The Balaban J connectivity index is 1.44. The van der Waals surface area contributed by atoms with E-state index >= 15 is 0 Å². The molecular formula is C34H36N2O3. The number of aryl methyl sites for hydroxylation is 1. The molecular weight excluding hydrogens is 484 g/mol. The maximum atomic E-state index is 12.4. The number of carboxylic acids is 1. The van der Waals surface area contributed by atoms with Crippen molar-refractivity contribution >= 4 is 28.5 Å². The van der Waals surface area contributed by atoms with Crippen molar-refractivity contribution in [1.82, 2.24) is 9.97 Å². The maximum Gasteiger partial charge on any atom is 0.336 e. The van der Waals surface area contributed by atoms with Gasteiger partial charge in [-0.2, -0.15) is 0 Å². The van der Waals surface area contributed by atoms with Gasteiger partial charge in [0, 0.05) is 17.1 Å². The molecule has 200 valence electrons. The summed E-state index contributed by atoms with van der Waals surface area (Å²) in [5.74, 6) is -0.00284. The standard InChI is InChI=1S/C34H36N2O3/c1-4-5-6-7-8-23-9-12-25(13-10-23)30-15-11-24(21-35-30)19-26-17-22(2)18-29-32(34(37)38)28-20-27(39-3)14-16-31(28)36-33(26)29/h9-16,19-22H,4-8,17-18H2,1-3H3,(H,37,38)/b26-19+. The Bertz CT molecular complexity index is 1500. The molecule has 2 aromatic heterocycles. The number of allylic oxidation sites excluding steroid dienone is 1. The number of benzene rings is 2. The molecule has 0 radical (unpaired) electrons. The second-order valence-electron chi connectivity index (χ2n) is 10.7. The zero-order valence-corrected chi connectivity index (χ0v) is 23.0. The largest absolute Gasteiger partial charge is 0.497 e. The molecule has 1 unspecified atom stereocenters. The molecule has 0 amide bonds. The van der Waals surface area contributed by atoms with E-state index < -0.39 is 5.97 Å². The monoisotopic (exact) mass is 520 g/mol. The molecule has 0 saturated carbocycles. The third-order valence-electron chi connectivity index (χ3n) is 7.63. The number of pyridine rings is 2. The number of nitrogens with zero attached hydrogens (tertiary/aromatic N) is 2. The zero-order valence-electron chi connectivity index (χ0n) is 23.0. The Morgan fingerprint density at radius 3 is 2.56 bits per heavy atom. The summed E-state index contributed by atoms with van der Waals surface area (Å²) in [7, 11) is 1.58. The molecule has 5 nitrogen and oxygen atoms in total. The predicted octanol–water partition coefficient (Wildman–Crippen LogP) is 8.25. The Morgan fingerprint density at radius 1 is 1.05 bits per heavy atom. The molecule has 1 N–H and O–H groups in total. The summed E-state index contributed by atoms with van der Waals surface area (Å²) >= 11 is 0. The van der Waals surface area contributed by atoms with E-state index in [-0.39, 0.29) is 0 Å². The Labute approximate surface area is 230 Å². The number of hydrogen-bond donors (Lipinski definition) is 1. The number of ether oxygens (including phenoxy) is 1. The van der Waals surface area contributed by atoms with Gasteiger partial charge in [-0.15, -0.1) is 0 Å². The van der Waals surface area contributed by atoms with Crippen LogP contribution in [0.3, 0.4) is 0 Å². The van der Waals surface area contributed by atoms with Gasteiger partial charge in [-0.3, -0.25) is 4.98 Å². The molecule has 1 aliphatic rings. The summed E-state index contributed by atoms with van der Waals surface area (Å²) in [4.78, 5) is 22.1. The molecule has 0 fully saturated rings. The highest BCUT2D eigenvalue weighted by molar-refractivity contribution is 6.06. The lowest BCUT2D eigenvalue weighted by Crippen LogP contribution is -2.17. The molecule has 0 saturated heterocycles. The van der Waals surface area contributed by atoms with E-state index in [4.69, 9.17) is 14.7 Å². The van der Waals surface area contributed by atoms with Crippen molar-refractivity contribution in [1.29, 1.82) is 0 Å². The van der Waals surface area contributed by atoms with E-state index in [9.17, 15) is 9.90 Å². The van der Waals surface area contributed by atoms with Crippen molar-refractivity contribution < 1.29 is 14.6 Å². The van der Waals surface area contributed by atoms with Gasteiger partial charge in [-0.05, 0) is 84.2 Å². The lowest BCUT2D eigenvalue weighted by atomic mass is 9.80. The average Bonchev–Trinajstić information content (AvgIpc) is 2.94. The molecule has 5 heteroatoms. The Kier molecular flexibility index (Phi) is 8.06. The van der Waals surface area contributed by atoms with Gasteiger partial charge >= 0.3 is 5.97 Å². The summed E-state index contributed by atoms with van der Waals surface area (Å²) < 4.78 is 5.35. The normalized spacial score (nSPS) is 15.9. The first-order valence-electron chi connectivity index (χ1n) is 14.0. The maximum absolute atomic E-state index is 12.4. The van der Waals surface area contributed by atoms with E-state index in [1.165, 1.54) is 31.2 Å². The van der Waals surface area contributed by atoms with Crippen LogP contribution in [0.4, 0.5) is 0 Å². The third-order valence-corrected chi connectivity index (χ3v) is 7.63. The number of fused-ring (bicyclic) bond motifs is 2. The number of rotatable bonds is 9. The summed E-state index contributed by atoms with van der Waals surface area (Å²) in [5.41, 5.74) is 8.02. The van der Waals surface area contributed by atoms with E-state index in [2.05, 4.69) is 56.3 Å². The number of carbonyl (C=O) groups is 1. The average molecular weight is 521 g/mol. The first-order valence-corrected chi connectivity index (χ1v) is 14.0. The van der Waals surface area contributed by atoms with Crippen molar-refractivity contribution in [3.8, 4) is 17.0 Å². The molecule has 5 rings (SSSR count). The van der Waals surface area contributed by atoms with Crippen LogP contribution in [0.2, 0.25) is 0 Å². The van der Waals surface area contributed by atoms with E-state index in [1.807, 2.05) is 18.3 Å². The first kappa shape index (κ1) is 26.6. The molecule has 1 atom stereocenters. The summed E-state index contributed by atoms with van der Waals surface area (Å²) in [6.07, 6.45) is 11.7. The third kappa shape index (κ3) is 5.88. The van der Waals surface area contributed by atoms with Gasteiger partial charge in [0.05, 0.1) is 29.6 Å². The van der Waals surface area contributed by atoms with Crippen LogP contribution in [0.25, 0.3) is 33.8 Å². The fourth-order valence-electron chi connectivity index (χ4n) is 5.60. The lowest BCUT2D eigenvalue weighted by Gasteiger charge is -2.26. The highest BCUT2D eigenvalue weighted by atomic mass is 16.5. The number of hydrogen-bond acceptors (Lipinski definition) is 4. The van der Waals surface area contributed by atoms with Crippen LogP contribution >= 0.6 is 0 Å². The van der Waals surface area contributed by atoms with Crippen LogP contribution in [-0.4, -0.2) is 28.2 Å². The van der Waals surface area contributed by atoms with Crippen molar-refractivity contribution in [2.45, 2.75) is 58.8 Å². The van der Waals surface area contributed by atoms with Gasteiger partial charge < -0.3 is 9.84 Å². The molecule has 0 aliphatic heterocycles. The number of methoxy groups -OCH3 is 1. The molecule has 0 spiro atoms. The molecule has 2 aromatic carbocycles. The molecule has 4 aromatic rings. The highest BCUT2D eigenvalue weighted by Gasteiger charge is 2.28. The fourth-order valence-corrected chi connectivity index (χ4v) is 5.60. The van der Waals surface area contributed by atoms with Gasteiger partial charge in [0.1, 0.15) is 5.75 Å². The van der Waals surface area contributed by atoms with Gasteiger partial charge in [0.15, 0.2) is 0 Å². The van der Waals surface area contributed by atoms with E-state index in [1.54, 1.807) is 13.2 Å². The topological polar surface area (TPSA) is 72.3 Å². The van der Waals surface area contributed by atoms with Crippen LogP contribution in [0.15, 0.2) is 60.8 Å². The van der Waals surface area contributed by atoms with E-state index in [0.29, 0.717) is 34.6 Å². The predicted molar refractivity (Wildman–Crippen MR) is 158 cm³/mol. The number of unbranched alkanes of at least 4 members (excludes halogenated alkanes) is 3.